The molecule has 0 saturated carbocycles. The first-order valence-corrected chi connectivity index (χ1v) is 11.4. The topological polar surface area (TPSA) is 93.4 Å². The third kappa shape index (κ3) is 4.84. The van der Waals surface area contributed by atoms with Crippen molar-refractivity contribution in [2.45, 2.75) is 25.0 Å². The number of nitrogens with zero attached hydrogens (tertiary/aromatic N) is 5. The van der Waals surface area contributed by atoms with E-state index in [2.05, 4.69) is 15.4 Å². The van der Waals surface area contributed by atoms with Crippen LogP contribution in [0.2, 0.25) is 0 Å². The average molecular weight is 464 g/mol. The van der Waals surface area contributed by atoms with Gasteiger partial charge in [0.05, 0.1) is 19.3 Å². The van der Waals surface area contributed by atoms with Gasteiger partial charge in [0, 0.05) is 36.4 Å². The van der Waals surface area contributed by atoms with Gasteiger partial charge in [-0.05, 0) is 53.6 Å². The zero-order chi connectivity index (χ0) is 23.5. The summed E-state index contributed by atoms with van der Waals surface area (Å²) in [7, 11) is 0. The van der Waals surface area contributed by atoms with Crippen LogP contribution in [-0.4, -0.2) is 61.9 Å². The number of aliphatic hydroxyl groups excluding tert-OH is 1. The summed E-state index contributed by atoms with van der Waals surface area (Å²) in [4.78, 5) is 16.2. The van der Waals surface area contributed by atoms with Crippen molar-refractivity contribution in [3.63, 3.8) is 0 Å². The first-order valence-electron chi connectivity index (χ1n) is 11.4. The first-order chi connectivity index (χ1) is 16.6. The molecule has 1 aromatic heterocycles. The smallest absolute Gasteiger partial charge is 0.253 e. The van der Waals surface area contributed by atoms with Crippen molar-refractivity contribution in [3.05, 3.63) is 84.0 Å². The van der Waals surface area contributed by atoms with Gasteiger partial charge in [-0.1, -0.05) is 24.3 Å². The highest BCUT2D eigenvalue weighted by Crippen LogP contribution is 2.29. The Morgan fingerprint density at radius 3 is 2.74 bits per heavy atom. The van der Waals surface area contributed by atoms with E-state index in [9.17, 15) is 14.3 Å². The molecule has 0 radical (unpaired) electrons. The molecule has 1 saturated heterocycles. The number of halogens is 1. The summed E-state index contributed by atoms with van der Waals surface area (Å²) in [6.07, 6.45) is 5.51. The number of carbonyl (C=O) groups is 1. The lowest BCUT2D eigenvalue weighted by Crippen LogP contribution is -2.29. The number of carbonyl (C=O) groups excluding carboxylic acids is 1. The number of rotatable bonds is 7. The molecule has 3 aromatic rings. The van der Waals surface area contributed by atoms with E-state index in [-0.39, 0.29) is 29.5 Å². The SMILES string of the molecule is O=C(c1ccc(OCC2C=CC(Cn3ncnn3)[C@H]2O)cc1)N1CCC(c2cccc(F)c2)C1. The number of ether oxygens (including phenoxy) is 1. The molecular weight excluding hydrogens is 437 g/mol. The minimum Gasteiger partial charge on any atom is -0.493 e. The van der Waals surface area contributed by atoms with Crippen LogP contribution in [0.5, 0.6) is 5.75 Å². The van der Waals surface area contributed by atoms with Gasteiger partial charge in [0.25, 0.3) is 5.91 Å². The molecule has 1 N–H and O–H groups in total. The molecule has 1 amide bonds. The van der Waals surface area contributed by atoms with E-state index in [1.54, 1.807) is 36.4 Å². The molecule has 0 spiro atoms. The molecule has 1 aliphatic heterocycles. The van der Waals surface area contributed by atoms with Crippen LogP contribution < -0.4 is 4.74 Å². The van der Waals surface area contributed by atoms with Crippen LogP contribution >= 0.6 is 0 Å². The lowest BCUT2D eigenvalue weighted by molar-refractivity contribution is 0.0684. The monoisotopic (exact) mass is 463 g/mol. The highest BCUT2D eigenvalue weighted by molar-refractivity contribution is 5.94. The van der Waals surface area contributed by atoms with E-state index in [1.165, 1.54) is 17.2 Å². The van der Waals surface area contributed by atoms with Gasteiger partial charge in [0.1, 0.15) is 11.6 Å². The average Bonchev–Trinajstić information content (AvgIpc) is 3.61. The van der Waals surface area contributed by atoms with E-state index in [1.807, 2.05) is 23.1 Å². The van der Waals surface area contributed by atoms with Crippen LogP contribution in [0.15, 0.2) is 67.0 Å². The molecule has 2 aromatic carbocycles. The third-order valence-electron chi connectivity index (χ3n) is 6.59. The maximum atomic E-state index is 13.5. The largest absolute Gasteiger partial charge is 0.493 e. The second-order valence-electron chi connectivity index (χ2n) is 8.82. The maximum absolute atomic E-state index is 13.5. The quantitative estimate of drug-likeness (QED) is 0.542. The fourth-order valence-electron chi connectivity index (χ4n) is 4.66. The van der Waals surface area contributed by atoms with Gasteiger partial charge in [-0.2, -0.15) is 4.80 Å². The predicted molar refractivity (Wildman–Crippen MR) is 122 cm³/mol. The summed E-state index contributed by atoms with van der Waals surface area (Å²) in [6, 6.07) is 13.7. The van der Waals surface area contributed by atoms with Crippen LogP contribution in [0.1, 0.15) is 28.3 Å². The van der Waals surface area contributed by atoms with Crippen molar-refractivity contribution in [1.82, 2.24) is 25.1 Å². The minimum atomic E-state index is -0.590. The Morgan fingerprint density at radius 2 is 1.97 bits per heavy atom. The van der Waals surface area contributed by atoms with Crippen molar-refractivity contribution in [1.29, 1.82) is 0 Å². The van der Waals surface area contributed by atoms with Gasteiger partial charge in [0.15, 0.2) is 6.33 Å². The number of likely N-dealkylation sites (tertiary alicyclic amines) is 1. The molecule has 9 heteroatoms. The summed E-state index contributed by atoms with van der Waals surface area (Å²) in [5.41, 5.74) is 1.52. The number of benzene rings is 2. The Bertz CT molecular complexity index is 1150. The van der Waals surface area contributed by atoms with Crippen molar-refractivity contribution in [2.24, 2.45) is 11.8 Å². The Hall–Kier alpha value is -3.59. The Labute approximate surface area is 196 Å². The van der Waals surface area contributed by atoms with Crippen molar-refractivity contribution in [3.8, 4) is 5.75 Å². The third-order valence-corrected chi connectivity index (χ3v) is 6.59. The van der Waals surface area contributed by atoms with Gasteiger partial charge in [0.2, 0.25) is 0 Å². The van der Waals surface area contributed by atoms with Crippen LogP contribution in [-0.2, 0) is 6.54 Å². The number of aliphatic hydroxyl groups is 1. The lowest BCUT2D eigenvalue weighted by atomic mass is 9.98. The fraction of sp³-hybridized carbons (Fsp3) is 0.360. The Kier molecular flexibility index (Phi) is 6.35. The molecule has 2 aliphatic rings. The van der Waals surface area contributed by atoms with Crippen molar-refractivity contribution >= 4 is 5.91 Å². The van der Waals surface area contributed by atoms with Crippen molar-refractivity contribution < 1.29 is 19.0 Å². The highest BCUT2D eigenvalue weighted by Gasteiger charge is 2.31. The van der Waals surface area contributed by atoms with Crippen LogP contribution in [0, 0.1) is 17.7 Å². The van der Waals surface area contributed by atoms with E-state index < -0.39 is 6.10 Å². The summed E-state index contributed by atoms with van der Waals surface area (Å²) >= 11 is 0. The number of aromatic nitrogens is 4. The van der Waals surface area contributed by atoms with E-state index in [0.717, 1.165) is 12.0 Å². The highest BCUT2D eigenvalue weighted by atomic mass is 19.1. The zero-order valence-electron chi connectivity index (χ0n) is 18.6. The second-order valence-corrected chi connectivity index (χ2v) is 8.82. The van der Waals surface area contributed by atoms with Gasteiger partial charge < -0.3 is 14.7 Å². The molecule has 1 aliphatic carbocycles. The Balaban J connectivity index is 1.12. The normalized spacial score (nSPS) is 24.0. The minimum absolute atomic E-state index is 0.0378. The molecule has 3 unspecified atom stereocenters. The van der Waals surface area contributed by atoms with Gasteiger partial charge in [-0.3, -0.25) is 4.79 Å². The zero-order valence-corrected chi connectivity index (χ0v) is 18.6. The number of hydrogen-bond donors (Lipinski definition) is 1. The predicted octanol–water partition coefficient (Wildman–Crippen LogP) is 2.68. The fourth-order valence-corrected chi connectivity index (χ4v) is 4.66. The second kappa shape index (κ2) is 9.72. The van der Waals surface area contributed by atoms with E-state index in [0.29, 0.717) is 37.6 Å². The lowest BCUT2D eigenvalue weighted by Gasteiger charge is -2.20. The molecule has 34 heavy (non-hydrogen) atoms. The molecule has 176 valence electrons. The van der Waals surface area contributed by atoms with Gasteiger partial charge in [-0.25, -0.2) is 4.39 Å². The summed E-state index contributed by atoms with van der Waals surface area (Å²) in [6.45, 7) is 2.02. The maximum Gasteiger partial charge on any atom is 0.253 e. The van der Waals surface area contributed by atoms with Crippen LogP contribution in [0.3, 0.4) is 0 Å². The molecule has 8 nitrogen and oxygen atoms in total. The van der Waals surface area contributed by atoms with E-state index >= 15 is 0 Å². The molecule has 2 heterocycles. The number of amides is 1. The summed E-state index contributed by atoms with van der Waals surface area (Å²) in [5.74, 6) is 0.263. The standard InChI is InChI=1S/C25H26FN5O3/c26-22-3-1-2-18(12-22)19-10-11-30(13-19)25(33)17-6-8-23(9-7-17)34-15-21-5-4-20(24(21)32)14-31-28-16-27-29-31/h1-9,12,16,19-21,24,32H,10-11,13-15H2/t19?,20?,21?,24-/m1/s1. The number of hydrogen-bond acceptors (Lipinski definition) is 6. The Morgan fingerprint density at radius 1 is 1.15 bits per heavy atom. The van der Waals surface area contributed by atoms with Crippen LogP contribution in [0.4, 0.5) is 4.39 Å². The number of tetrazole rings is 1. The summed E-state index contributed by atoms with van der Waals surface area (Å²) in [5, 5.41) is 22.1. The molecule has 4 atom stereocenters. The van der Waals surface area contributed by atoms with Crippen molar-refractivity contribution in [2.75, 3.05) is 19.7 Å². The molecule has 1 fully saturated rings. The van der Waals surface area contributed by atoms with Gasteiger partial charge in [-0.15, -0.1) is 10.2 Å². The first kappa shape index (κ1) is 22.2. The van der Waals surface area contributed by atoms with E-state index in [4.69, 9.17) is 4.74 Å². The molecule has 5 rings (SSSR count). The molecular formula is C25H26FN5O3. The van der Waals surface area contributed by atoms with Gasteiger partial charge >= 0.3 is 0 Å². The summed E-state index contributed by atoms with van der Waals surface area (Å²) < 4.78 is 19.4. The molecule has 0 bridgehead atoms. The van der Waals surface area contributed by atoms with Crippen LogP contribution in [0.25, 0.3) is 0 Å².